The zero-order chi connectivity index (χ0) is 13.5. The van der Waals surface area contributed by atoms with E-state index >= 15 is 0 Å². The van der Waals surface area contributed by atoms with E-state index in [9.17, 15) is 10.2 Å². The molecule has 4 saturated carbocycles. The van der Waals surface area contributed by atoms with Gasteiger partial charge in [-0.15, -0.1) is 0 Å². The summed E-state index contributed by atoms with van der Waals surface area (Å²) < 4.78 is 0. The van der Waals surface area contributed by atoms with Gasteiger partial charge < -0.3 is 10.2 Å². The number of hydrogen-bond acceptors (Lipinski definition) is 2. The van der Waals surface area contributed by atoms with Gasteiger partial charge in [0.2, 0.25) is 0 Å². The molecule has 5 aliphatic rings. The molecule has 110 valence electrons. The Balaban J connectivity index is 1.62. The van der Waals surface area contributed by atoms with E-state index in [2.05, 4.69) is 12.2 Å². The first-order valence-electron chi connectivity index (χ1n) is 8.79. The first-order chi connectivity index (χ1) is 9.74. The van der Waals surface area contributed by atoms with Crippen molar-refractivity contribution in [3.05, 3.63) is 12.2 Å². The van der Waals surface area contributed by atoms with Gasteiger partial charge >= 0.3 is 0 Å². The van der Waals surface area contributed by atoms with E-state index < -0.39 is 12.2 Å². The van der Waals surface area contributed by atoms with E-state index in [0.717, 1.165) is 12.3 Å². The maximum absolute atomic E-state index is 10.6. The molecule has 2 heteroatoms. The van der Waals surface area contributed by atoms with Gasteiger partial charge in [-0.2, -0.15) is 0 Å². The summed E-state index contributed by atoms with van der Waals surface area (Å²) in [5.74, 6) is 3.69. The second-order valence-corrected chi connectivity index (χ2v) is 8.24. The molecule has 0 saturated heterocycles. The standard InChI is InChI=1S/C18H26O2/c19-16-13-9-14(17(16)20)18(11-4-2-1-3-5-11)12-7-6-10(8-12)15(13)18/h6-7,10-17,19-20H,1-5,8-9H2. The van der Waals surface area contributed by atoms with E-state index in [1.807, 2.05) is 0 Å². The van der Waals surface area contributed by atoms with Crippen molar-refractivity contribution < 1.29 is 10.2 Å². The fourth-order valence-electron chi connectivity index (χ4n) is 7.60. The molecular formula is C18H26O2. The number of rotatable bonds is 1. The van der Waals surface area contributed by atoms with E-state index in [4.69, 9.17) is 0 Å². The average Bonchev–Trinajstić information content (AvgIpc) is 3.20. The van der Waals surface area contributed by atoms with Crippen LogP contribution in [-0.2, 0) is 0 Å². The van der Waals surface area contributed by atoms with E-state index in [0.29, 0.717) is 35.0 Å². The van der Waals surface area contributed by atoms with E-state index in [1.165, 1.54) is 38.5 Å². The number of hydrogen-bond donors (Lipinski definition) is 2. The Morgan fingerprint density at radius 1 is 0.900 bits per heavy atom. The molecule has 0 spiro atoms. The largest absolute Gasteiger partial charge is 0.390 e. The highest BCUT2D eigenvalue weighted by molar-refractivity contribution is 5.29. The summed E-state index contributed by atoms with van der Waals surface area (Å²) >= 11 is 0. The minimum Gasteiger partial charge on any atom is -0.390 e. The van der Waals surface area contributed by atoms with Crippen LogP contribution in [0.25, 0.3) is 0 Å². The van der Waals surface area contributed by atoms with Crippen LogP contribution in [0.15, 0.2) is 12.2 Å². The van der Waals surface area contributed by atoms with Gasteiger partial charge in [-0.3, -0.25) is 0 Å². The van der Waals surface area contributed by atoms with Crippen molar-refractivity contribution in [2.24, 2.45) is 40.9 Å². The molecule has 2 nitrogen and oxygen atoms in total. The molecule has 5 rings (SSSR count). The van der Waals surface area contributed by atoms with Crippen LogP contribution in [0.1, 0.15) is 44.9 Å². The van der Waals surface area contributed by atoms with Gasteiger partial charge in [0.05, 0.1) is 12.2 Å². The highest BCUT2D eigenvalue weighted by Crippen LogP contribution is 2.75. The molecule has 5 aliphatic carbocycles. The smallest absolute Gasteiger partial charge is 0.0835 e. The summed E-state index contributed by atoms with van der Waals surface area (Å²) in [6.45, 7) is 0. The van der Waals surface area contributed by atoms with Crippen molar-refractivity contribution in [3.63, 3.8) is 0 Å². The summed E-state index contributed by atoms with van der Waals surface area (Å²) in [4.78, 5) is 0. The molecule has 2 N–H and O–H groups in total. The number of allylic oxidation sites excluding steroid dienone is 2. The maximum Gasteiger partial charge on any atom is 0.0835 e. The van der Waals surface area contributed by atoms with Crippen molar-refractivity contribution in [1.82, 2.24) is 0 Å². The Labute approximate surface area is 121 Å². The van der Waals surface area contributed by atoms with Crippen LogP contribution in [0.2, 0.25) is 0 Å². The lowest BCUT2D eigenvalue weighted by Crippen LogP contribution is -2.54. The molecule has 4 bridgehead atoms. The predicted octanol–water partition coefficient (Wildman–Crippen LogP) is 2.75. The summed E-state index contributed by atoms with van der Waals surface area (Å²) in [6, 6.07) is 0. The molecule has 8 atom stereocenters. The van der Waals surface area contributed by atoms with E-state index in [1.54, 1.807) is 0 Å². The van der Waals surface area contributed by atoms with Gasteiger partial charge in [0, 0.05) is 0 Å². The van der Waals surface area contributed by atoms with E-state index in [-0.39, 0.29) is 0 Å². The quantitative estimate of drug-likeness (QED) is 0.570. The fourth-order valence-corrected chi connectivity index (χ4v) is 7.60. The van der Waals surface area contributed by atoms with Crippen molar-refractivity contribution >= 4 is 0 Å². The molecule has 8 unspecified atom stereocenters. The van der Waals surface area contributed by atoms with Gasteiger partial charge in [-0.25, -0.2) is 0 Å². The lowest BCUT2D eigenvalue weighted by Gasteiger charge is -2.54. The summed E-state index contributed by atoms with van der Waals surface area (Å²) in [6.07, 6.45) is 13.4. The normalized spacial score (nSPS) is 60.4. The monoisotopic (exact) mass is 274 g/mol. The Kier molecular flexibility index (Phi) is 2.38. The van der Waals surface area contributed by atoms with Crippen LogP contribution >= 0.6 is 0 Å². The summed E-state index contributed by atoms with van der Waals surface area (Å²) in [5, 5.41) is 21.0. The average molecular weight is 274 g/mol. The van der Waals surface area contributed by atoms with Gasteiger partial charge in [0.15, 0.2) is 0 Å². The lowest BCUT2D eigenvalue weighted by atomic mass is 9.51. The number of fused-ring (bicyclic) bond motifs is 9. The van der Waals surface area contributed by atoms with Crippen molar-refractivity contribution in [2.45, 2.75) is 57.2 Å². The van der Waals surface area contributed by atoms with Gasteiger partial charge in [0.1, 0.15) is 0 Å². The molecule has 4 fully saturated rings. The van der Waals surface area contributed by atoms with Crippen LogP contribution < -0.4 is 0 Å². The molecule has 0 aromatic rings. The van der Waals surface area contributed by atoms with Crippen LogP contribution in [0.4, 0.5) is 0 Å². The molecule has 0 heterocycles. The van der Waals surface area contributed by atoms with Crippen LogP contribution in [0.3, 0.4) is 0 Å². The molecule has 0 aromatic carbocycles. The maximum atomic E-state index is 10.6. The topological polar surface area (TPSA) is 40.5 Å². The Morgan fingerprint density at radius 3 is 2.50 bits per heavy atom. The Hall–Kier alpha value is -0.340. The lowest BCUT2D eigenvalue weighted by molar-refractivity contribution is -0.128. The molecule has 20 heavy (non-hydrogen) atoms. The number of aliphatic hydroxyl groups excluding tert-OH is 2. The third kappa shape index (κ3) is 1.17. The van der Waals surface area contributed by atoms with Crippen LogP contribution in [0, 0.1) is 40.9 Å². The van der Waals surface area contributed by atoms with Crippen molar-refractivity contribution in [1.29, 1.82) is 0 Å². The highest BCUT2D eigenvalue weighted by atomic mass is 16.3. The SMILES string of the molecule is OC1C(O)C2CC1C1C3C=CC(C3)C21C1CCCCC1. The molecular weight excluding hydrogens is 248 g/mol. The fraction of sp³-hybridized carbons (Fsp3) is 0.889. The zero-order valence-electron chi connectivity index (χ0n) is 12.1. The second-order valence-electron chi connectivity index (χ2n) is 8.24. The van der Waals surface area contributed by atoms with Gasteiger partial charge in [-0.05, 0) is 66.6 Å². The minimum atomic E-state index is -0.439. The molecule has 0 aliphatic heterocycles. The van der Waals surface area contributed by atoms with Crippen LogP contribution in [-0.4, -0.2) is 22.4 Å². The second kappa shape index (κ2) is 3.89. The van der Waals surface area contributed by atoms with Gasteiger partial charge in [0.25, 0.3) is 0 Å². The van der Waals surface area contributed by atoms with Crippen molar-refractivity contribution in [2.75, 3.05) is 0 Å². The summed E-state index contributed by atoms with van der Waals surface area (Å²) in [5.41, 5.74) is 0.364. The minimum absolute atomic E-state index is 0.364. The first kappa shape index (κ1) is 12.2. The third-order valence-electron chi connectivity index (χ3n) is 7.94. The zero-order valence-corrected chi connectivity index (χ0v) is 12.1. The highest BCUT2D eigenvalue weighted by Gasteiger charge is 2.74. The van der Waals surface area contributed by atoms with Gasteiger partial charge in [-0.1, -0.05) is 31.4 Å². The Morgan fingerprint density at radius 2 is 1.70 bits per heavy atom. The molecule has 0 radical (unpaired) electrons. The van der Waals surface area contributed by atoms with Crippen LogP contribution in [0.5, 0.6) is 0 Å². The molecule has 0 amide bonds. The number of aliphatic hydroxyl groups is 2. The Bertz CT molecular complexity index is 452. The third-order valence-corrected chi connectivity index (χ3v) is 7.94. The predicted molar refractivity (Wildman–Crippen MR) is 76.8 cm³/mol. The van der Waals surface area contributed by atoms with Crippen molar-refractivity contribution in [3.8, 4) is 0 Å². The first-order valence-corrected chi connectivity index (χ1v) is 8.79. The molecule has 0 aromatic heterocycles. The summed E-state index contributed by atoms with van der Waals surface area (Å²) in [7, 11) is 0.